The fraction of sp³-hybridized carbons (Fsp3) is 0.571. The van der Waals surface area contributed by atoms with E-state index >= 15 is 0 Å². The molecule has 3 heteroatoms. The second-order valence-corrected chi connectivity index (χ2v) is 5.08. The van der Waals surface area contributed by atoms with E-state index in [9.17, 15) is 0 Å². The first-order valence-corrected chi connectivity index (χ1v) is 6.89. The van der Waals surface area contributed by atoms with E-state index in [2.05, 4.69) is 17.9 Å². The fourth-order valence-corrected chi connectivity index (χ4v) is 3.16. The summed E-state index contributed by atoms with van der Waals surface area (Å²) in [5.74, 6) is 0. The van der Waals surface area contributed by atoms with Gasteiger partial charge < -0.3 is 10.6 Å². The number of hydrogen-bond donors (Lipinski definition) is 1. The van der Waals surface area contributed by atoms with Crippen LogP contribution in [0.1, 0.15) is 38.2 Å². The summed E-state index contributed by atoms with van der Waals surface area (Å²) in [6.07, 6.45) is 5.24. The molecule has 2 N–H and O–H groups in total. The molecule has 0 bridgehead atoms. The molecule has 1 aromatic carbocycles. The summed E-state index contributed by atoms with van der Waals surface area (Å²) < 4.78 is 0. The maximum atomic E-state index is 6.36. The highest BCUT2D eigenvalue weighted by Crippen LogP contribution is 2.35. The molecule has 0 amide bonds. The second kappa shape index (κ2) is 5.74. The number of hydrogen-bond acceptors (Lipinski definition) is 2. The van der Waals surface area contributed by atoms with E-state index in [1.54, 1.807) is 0 Å². The van der Waals surface area contributed by atoms with Crippen molar-refractivity contribution in [2.45, 2.75) is 45.2 Å². The van der Waals surface area contributed by atoms with Crippen molar-refractivity contribution in [3.63, 3.8) is 0 Å². The molecule has 0 unspecified atom stereocenters. The molecule has 1 fully saturated rings. The van der Waals surface area contributed by atoms with E-state index in [0.29, 0.717) is 12.6 Å². The number of anilines is 1. The summed E-state index contributed by atoms with van der Waals surface area (Å²) >= 11 is 6.36. The summed E-state index contributed by atoms with van der Waals surface area (Å²) in [5.41, 5.74) is 8.14. The standard InChI is InChI=1S/C14H21ClN2/c1-2-17(12-7-3-4-8-12)14-11(10-16)6-5-9-13(14)15/h5-6,9,12H,2-4,7-8,10,16H2,1H3. The van der Waals surface area contributed by atoms with Crippen LogP contribution in [-0.4, -0.2) is 12.6 Å². The highest BCUT2D eigenvalue weighted by Gasteiger charge is 2.24. The van der Waals surface area contributed by atoms with Gasteiger partial charge in [0.2, 0.25) is 0 Å². The first kappa shape index (κ1) is 12.7. The molecule has 2 nitrogen and oxygen atoms in total. The highest BCUT2D eigenvalue weighted by atomic mass is 35.5. The molecule has 17 heavy (non-hydrogen) atoms. The van der Waals surface area contributed by atoms with Crippen molar-refractivity contribution >= 4 is 17.3 Å². The van der Waals surface area contributed by atoms with Crippen LogP contribution in [0.4, 0.5) is 5.69 Å². The zero-order valence-electron chi connectivity index (χ0n) is 10.5. The maximum absolute atomic E-state index is 6.36. The SMILES string of the molecule is CCN(c1c(Cl)cccc1CN)C1CCCC1. The van der Waals surface area contributed by atoms with Gasteiger partial charge in [-0.15, -0.1) is 0 Å². The Balaban J connectivity index is 2.35. The topological polar surface area (TPSA) is 29.3 Å². The Bertz CT molecular complexity index is 372. The monoisotopic (exact) mass is 252 g/mol. The third kappa shape index (κ3) is 2.58. The average Bonchev–Trinajstić information content (AvgIpc) is 2.86. The Labute approximate surface area is 109 Å². The Morgan fingerprint density at radius 3 is 2.65 bits per heavy atom. The minimum absolute atomic E-state index is 0.555. The molecule has 0 radical (unpaired) electrons. The molecule has 0 spiro atoms. The largest absolute Gasteiger partial charge is 0.367 e. The third-order valence-electron chi connectivity index (χ3n) is 3.68. The number of nitrogens with zero attached hydrogens (tertiary/aromatic N) is 1. The Kier molecular flexibility index (Phi) is 4.30. The van der Waals surface area contributed by atoms with Gasteiger partial charge in [-0.1, -0.05) is 36.6 Å². The molecular weight excluding hydrogens is 232 g/mol. The van der Waals surface area contributed by atoms with Crippen LogP contribution in [0.15, 0.2) is 18.2 Å². The quantitative estimate of drug-likeness (QED) is 0.888. The van der Waals surface area contributed by atoms with Crippen molar-refractivity contribution < 1.29 is 0 Å². The molecule has 94 valence electrons. The van der Waals surface area contributed by atoms with Crippen molar-refractivity contribution in [2.24, 2.45) is 5.73 Å². The van der Waals surface area contributed by atoms with Crippen LogP contribution < -0.4 is 10.6 Å². The molecular formula is C14H21ClN2. The van der Waals surface area contributed by atoms with Gasteiger partial charge in [0.05, 0.1) is 10.7 Å². The molecule has 1 aliphatic carbocycles. The van der Waals surface area contributed by atoms with Crippen LogP contribution in [-0.2, 0) is 6.54 Å². The van der Waals surface area contributed by atoms with Crippen LogP contribution in [0.2, 0.25) is 5.02 Å². The predicted octanol–water partition coefficient (Wildman–Crippen LogP) is 3.57. The Hall–Kier alpha value is -0.730. The van der Waals surface area contributed by atoms with Gasteiger partial charge in [-0.3, -0.25) is 0 Å². The molecule has 0 aromatic heterocycles. The first-order valence-electron chi connectivity index (χ1n) is 6.52. The average molecular weight is 253 g/mol. The molecule has 1 saturated carbocycles. The maximum Gasteiger partial charge on any atom is 0.0643 e. The zero-order chi connectivity index (χ0) is 12.3. The van der Waals surface area contributed by atoms with Gasteiger partial charge in [0.15, 0.2) is 0 Å². The van der Waals surface area contributed by atoms with E-state index in [1.807, 2.05) is 12.1 Å². The zero-order valence-corrected chi connectivity index (χ0v) is 11.2. The van der Waals surface area contributed by atoms with E-state index in [4.69, 9.17) is 17.3 Å². The van der Waals surface area contributed by atoms with Crippen LogP contribution >= 0.6 is 11.6 Å². The van der Waals surface area contributed by atoms with Crippen molar-refractivity contribution in [1.29, 1.82) is 0 Å². The minimum atomic E-state index is 0.555. The van der Waals surface area contributed by atoms with Gasteiger partial charge in [-0.25, -0.2) is 0 Å². The van der Waals surface area contributed by atoms with Gasteiger partial charge in [-0.05, 0) is 31.4 Å². The molecule has 1 aromatic rings. The lowest BCUT2D eigenvalue weighted by Crippen LogP contribution is -2.34. The van der Waals surface area contributed by atoms with Crippen molar-refractivity contribution in [3.05, 3.63) is 28.8 Å². The summed E-state index contributed by atoms with van der Waals surface area (Å²) in [7, 11) is 0. The number of rotatable bonds is 4. The van der Waals surface area contributed by atoms with E-state index in [1.165, 1.54) is 25.7 Å². The van der Waals surface area contributed by atoms with Gasteiger partial charge in [0.25, 0.3) is 0 Å². The molecule has 1 aliphatic rings. The minimum Gasteiger partial charge on any atom is -0.367 e. The molecule has 0 heterocycles. The Morgan fingerprint density at radius 2 is 2.06 bits per heavy atom. The Morgan fingerprint density at radius 1 is 1.35 bits per heavy atom. The normalized spacial score (nSPS) is 16.4. The van der Waals surface area contributed by atoms with E-state index < -0.39 is 0 Å². The summed E-state index contributed by atoms with van der Waals surface area (Å²) in [6.45, 7) is 3.75. The van der Waals surface area contributed by atoms with Gasteiger partial charge in [0.1, 0.15) is 0 Å². The van der Waals surface area contributed by atoms with Crippen molar-refractivity contribution in [3.8, 4) is 0 Å². The van der Waals surface area contributed by atoms with Gasteiger partial charge in [0, 0.05) is 19.1 Å². The predicted molar refractivity (Wildman–Crippen MR) is 74.6 cm³/mol. The summed E-state index contributed by atoms with van der Waals surface area (Å²) in [6, 6.07) is 6.67. The molecule has 2 rings (SSSR count). The van der Waals surface area contributed by atoms with Crippen molar-refractivity contribution in [2.75, 3.05) is 11.4 Å². The van der Waals surface area contributed by atoms with Gasteiger partial charge in [-0.2, -0.15) is 0 Å². The lowest BCUT2D eigenvalue weighted by atomic mass is 10.1. The number of halogens is 1. The van der Waals surface area contributed by atoms with E-state index in [-0.39, 0.29) is 0 Å². The van der Waals surface area contributed by atoms with Crippen LogP contribution in [0.25, 0.3) is 0 Å². The first-order chi connectivity index (χ1) is 8.27. The summed E-state index contributed by atoms with van der Waals surface area (Å²) in [5, 5.41) is 0.835. The summed E-state index contributed by atoms with van der Waals surface area (Å²) in [4.78, 5) is 2.44. The third-order valence-corrected chi connectivity index (χ3v) is 3.99. The molecule has 0 saturated heterocycles. The van der Waals surface area contributed by atoms with Crippen LogP contribution in [0, 0.1) is 0 Å². The second-order valence-electron chi connectivity index (χ2n) is 4.68. The lowest BCUT2D eigenvalue weighted by Gasteiger charge is -2.32. The van der Waals surface area contributed by atoms with Crippen LogP contribution in [0.5, 0.6) is 0 Å². The number of benzene rings is 1. The van der Waals surface area contributed by atoms with E-state index in [0.717, 1.165) is 22.8 Å². The fourth-order valence-electron chi connectivity index (χ4n) is 2.86. The van der Waals surface area contributed by atoms with Gasteiger partial charge >= 0.3 is 0 Å². The number of nitrogens with two attached hydrogens (primary N) is 1. The molecule has 0 aliphatic heterocycles. The number of para-hydroxylation sites is 1. The van der Waals surface area contributed by atoms with Crippen molar-refractivity contribution in [1.82, 2.24) is 0 Å². The smallest absolute Gasteiger partial charge is 0.0643 e. The lowest BCUT2D eigenvalue weighted by molar-refractivity contribution is 0.617. The highest BCUT2D eigenvalue weighted by molar-refractivity contribution is 6.33. The molecule has 0 atom stereocenters. The van der Waals surface area contributed by atoms with Crippen LogP contribution in [0.3, 0.4) is 0 Å².